The smallest absolute Gasteiger partial charge is 0.409 e. The zero-order valence-corrected chi connectivity index (χ0v) is 21.0. The van der Waals surface area contributed by atoms with E-state index in [1.165, 1.54) is 17.2 Å². The number of aromatic nitrogens is 7. The first-order chi connectivity index (χ1) is 18.8. The number of nitrogens with two attached hydrogens (primary N) is 1. The van der Waals surface area contributed by atoms with Gasteiger partial charge in [0.25, 0.3) is 0 Å². The topological polar surface area (TPSA) is 172 Å². The van der Waals surface area contributed by atoms with Crippen molar-refractivity contribution in [3.05, 3.63) is 94.6 Å². The third-order valence-corrected chi connectivity index (χ3v) is 6.93. The van der Waals surface area contributed by atoms with E-state index in [4.69, 9.17) is 22.1 Å². The zero-order chi connectivity index (χ0) is 27.1. The maximum atomic E-state index is 13.5. The molecule has 1 unspecified atom stereocenters. The van der Waals surface area contributed by atoms with Gasteiger partial charge in [-0.1, -0.05) is 11.6 Å². The lowest BCUT2D eigenvalue weighted by atomic mass is 9.81. The fourth-order valence-electron chi connectivity index (χ4n) is 5.00. The van der Waals surface area contributed by atoms with Crippen molar-refractivity contribution in [3.8, 4) is 33.8 Å². The highest BCUT2D eigenvalue weighted by molar-refractivity contribution is 6.31. The van der Waals surface area contributed by atoms with Crippen molar-refractivity contribution >= 4 is 17.7 Å². The molecule has 1 aliphatic carbocycles. The van der Waals surface area contributed by atoms with Crippen LogP contribution in [0.15, 0.2) is 67.3 Å². The van der Waals surface area contributed by atoms with Crippen LogP contribution < -0.4 is 15.2 Å². The van der Waals surface area contributed by atoms with Crippen LogP contribution in [0, 0.1) is 5.21 Å². The van der Waals surface area contributed by atoms with E-state index in [1.54, 1.807) is 48.7 Å². The Labute approximate surface area is 226 Å². The summed E-state index contributed by atoms with van der Waals surface area (Å²) in [6, 6.07) is 13.7. The lowest BCUT2D eigenvalue weighted by Gasteiger charge is -2.30. The summed E-state index contributed by atoms with van der Waals surface area (Å²) in [6.07, 6.45) is 5.17. The number of benzene rings is 2. The Bertz CT molecular complexity index is 1690. The van der Waals surface area contributed by atoms with Crippen molar-refractivity contribution in [1.29, 1.82) is 0 Å². The number of pyridine rings is 1. The minimum absolute atomic E-state index is 0.217. The minimum atomic E-state index is -1.63. The summed E-state index contributed by atoms with van der Waals surface area (Å²) in [7, 11) is 0. The number of aryl methyl sites for hydroxylation is 1. The van der Waals surface area contributed by atoms with Crippen molar-refractivity contribution in [2.45, 2.75) is 24.9 Å². The molecule has 12 nitrogen and oxygen atoms in total. The SMILES string of the molecule is NC(=O)Oc1ccc(-c2c[nH]c(C3(O)CCCc4cc(-c5cc(Cl)ccc5-n5cnnn5)c[n+]([O-])c43)n2)cc1. The Morgan fingerprint density at radius 3 is 2.77 bits per heavy atom. The molecule has 0 spiro atoms. The van der Waals surface area contributed by atoms with Gasteiger partial charge in [-0.15, -0.1) is 5.10 Å². The number of aliphatic hydroxyl groups is 1. The van der Waals surface area contributed by atoms with Crippen LogP contribution >= 0.6 is 11.6 Å². The Kier molecular flexibility index (Phi) is 5.97. The summed E-state index contributed by atoms with van der Waals surface area (Å²) in [5.74, 6) is 0.554. The Morgan fingerprint density at radius 2 is 2.03 bits per heavy atom. The minimum Gasteiger partial charge on any atom is -0.618 e. The van der Waals surface area contributed by atoms with E-state index in [9.17, 15) is 15.1 Å². The number of hydrogen-bond donors (Lipinski definition) is 3. The van der Waals surface area contributed by atoms with Gasteiger partial charge in [-0.05, 0) is 78.2 Å². The van der Waals surface area contributed by atoms with Crippen LogP contribution in [0.2, 0.25) is 5.02 Å². The summed E-state index contributed by atoms with van der Waals surface area (Å²) < 4.78 is 7.06. The second-order valence-corrected chi connectivity index (χ2v) is 9.57. The highest BCUT2D eigenvalue weighted by Crippen LogP contribution is 2.40. The fraction of sp³-hybridized carbons (Fsp3) is 0.154. The van der Waals surface area contributed by atoms with Crippen molar-refractivity contribution in [1.82, 2.24) is 30.2 Å². The third kappa shape index (κ3) is 4.45. The van der Waals surface area contributed by atoms with Gasteiger partial charge in [0.05, 0.1) is 11.4 Å². The Hall–Kier alpha value is -4.81. The highest BCUT2D eigenvalue weighted by Gasteiger charge is 2.46. The number of halogens is 1. The van der Waals surface area contributed by atoms with E-state index in [0.29, 0.717) is 62.8 Å². The second kappa shape index (κ2) is 9.49. The van der Waals surface area contributed by atoms with Gasteiger partial charge in [-0.25, -0.2) is 9.78 Å². The molecule has 1 amide bonds. The van der Waals surface area contributed by atoms with Gasteiger partial charge in [0.1, 0.15) is 17.9 Å². The number of fused-ring (bicyclic) bond motifs is 1. The number of carbonyl (C=O) groups excluding carboxylic acids is 1. The molecule has 0 bridgehead atoms. The normalized spacial score (nSPS) is 16.6. The molecule has 13 heteroatoms. The van der Waals surface area contributed by atoms with Crippen LogP contribution in [-0.2, 0) is 12.0 Å². The summed E-state index contributed by atoms with van der Waals surface area (Å²) in [5.41, 5.74) is 7.54. The number of carbonyl (C=O) groups is 1. The number of ether oxygens (including phenoxy) is 1. The molecule has 0 radical (unpaired) electrons. The quantitative estimate of drug-likeness (QED) is 0.224. The molecule has 3 aromatic heterocycles. The van der Waals surface area contributed by atoms with Crippen molar-refractivity contribution in [2.75, 3.05) is 0 Å². The van der Waals surface area contributed by atoms with E-state index < -0.39 is 11.7 Å². The average Bonchev–Trinajstić information content (AvgIpc) is 3.62. The maximum Gasteiger partial charge on any atom is 0.409 e. The van der Waals surface area contributed by atoms with Crippen molar-refractivity contribution in [2.24, 2.45) is 5.73 Å². The predicted molar refractivity (Wildman–Crippen MR) is 139 cm³/mol. The molecule has 0 saturated heterocycles. The van der Waals surface area contributed by atoms with E-state index in [-0.39, 0.29) is 11.5 Å². The van der Waals surface area contributed by atoms with Gasteiger partial charge in [-0.3, -0.25) is 0 Å². The largest absolute Gasteiger partial charge is 0.618 e. The molecular weight excluding hydrogens is 524 g/mol. The van der Waals surface area contributed by atoms with E-state index in [1.807, 2.05) is 6.07 Å². The number of imidazole rings is 1. The van der Waals surface area contributed by atoms with Gasteiger partial charge < -0.3 is 25.8 Å². The molecule has 1 atom stereocenters. The van der Waals surface area contributed by atoms with Crippen LogP contribution in [0.1, 0.15) is 29.9 Å². The van der Waals surface area contributed by atoms with Gasteiger partial charge >= 0.3 is 6.09 Å². The number of hydrogen-bond acceptors (Lipinski definition) is 8. The summed E-state index contributed by atoms with van der Waals surface area (Å²) >= 11 is 6.29. The number of amides is 1. The molecule has 4 N–H and O–H groups in total. The van der Waals surface area contributed by atoms with Crippen molar-refractivity contribution < 1.29 is 19.4 Å². The van der Waals surface area contributed by atoms with Crippen LogP contribution in [0.3, 0.4) is 0 Å². The number of H-pyrrole nitrogens is 1. The van der Waals surface area contributed by atoms with E-state index >= 15 is 0 Å². The average molecular weight is 545 g/mol. The number of nitrogens with zero attached hydrogens (tertiary/aromatic N) is 6. The van der Waals surface area contributed by atoms with Crippen LogP contribution in [-0.4, -0.2) is 41.4 Å². The number of aromatic amines is 1. The van der Waals surface area contributed by atoms with Crippen LogP contribution in [0.25, 0.3) is 28.1 Å². The predicted octanol–water partition coefficient (Wildman–Crippen LogP) is 3.04. The lowest BCUT2D eigenvalue weighted by molar-refractivity contribution is -0.622. The summed E-state index contributed by atoms with van der Waals surface area (Å²) in [4.78, 5) is 18.6. The van der Waals surface area contributed by atoms with Gasteiger partial charge in [0.2, 0.25) is 11.3 Å². The van der Waals surface area contributed by atoms with Gasteiger partial charge in [0, 0.05) is 33.5 Å². The molecule has 0 aliphatic heterocycles. The monoisotopic (exact) mass is 544 g/mol. The fourth-order valence-corrected chi connectivity index (χ4v) is 5.17. The van der Waals surface area contributed by atoms with Crippen LogP contribution in [0.5, 0.6) is 5.75 Å². The molecule has 5 aromatic rings. The molecule has 0 fully saturated rings. The molecule has 0 saturated carbocycles. The Balaban J connectivity index is 1.38. The summed E-state index contributed by atoms with van der Waals surface area (Å²) in [5, 5.41) is 37.2. The zero-order valence-electron chi connectivity index (χ0n) is 20.3. The molecular formula is C26H21ClN8O4. The molecule has 1 aliphatic rings. The number of tetrazole rings is 1. The molecule has 6 rings (SSSR count). The van der Waals surface area contributed by atoms with Gasteiger partial charge in [-0.2, -0.15) is 9.41 Å². The first kappa shape index (κ1) is 24.5. The highest BCUT2D eigenvalue weighted by atomic mass is 35.5. The van der Waals surface area contributed by atoms with E-state index in [0.717, 1.165) is 5.56 Å². The third-order valence-electron chi connectivity index (χ3n) is 6.69. The van der Waals surface area contributed by atoms with E-state index in [2.05, 4.69) is 25.5 Å². The van der Waals surface area contributed by atoms with Gasteiger partial charge in [0.15, 0.2) is 6.20 Å². The molecule has 2 aromatic carbocycles. The van der Waals surface area contributed by atoms with Crippen molar-refractivity contribution in [3.63, 3.8) is 0 Å². The number of primary amides is 1. The standard InChI is InChI=1S/C26H21ClN8O4/c27-18-5-8-22(34-14-30-32-33-34)20(11-18)17-10-16-2-1-9-26(37,23(16)35(38)13-17)24-29-12-21(31-24)15-3-6-19(7-4-15)39-25(28)36/h3-8,10-14,37H,1-2,9H2,(H2,28,36)(H,29,31). The molecule has 3 heterocycles. The maximum absolute atomic E-state index is 13.5. The second-order valence-electron chi connectivity index (χ2n) is 9.14. The lowest BCUT2D eigenvalue weighted by Crippen LogP contribution is -2.47. The first-order valence-corrected chi connectivity index (χ1v) is 12.4. The molecule has 39 heavy (non-hydrogen) atoms. The first-order valence-electron chi connectivity index (χ1n) is 12.0. The van der Waals surface area contributed by atoms with Crippen LogP contribution in [0.4, 0.5) is 4.79 Å². The number of rotatable bonds is 5. The number of nitrogens with one attached hydrogen (secondary N) is 1. The Morgan fingerprint density at radius 1 is 1.21 bits per heavy atom. The molecule has 196 valence electrons. The summed E-state index contributed by atoms with van der Waals surface area (Å²) in [6.45, 7) is 0.